The molecule has 2 heterocycles. The van der Waals surface area contributed by atoms with Crippen molar-refractivity contribution in [1.82, 2.24) is 9.88 Å². The first-order chi connectivity index (χ1) is 12.5. The smallest absolute Gasteiger partial charge is 0.387 e. The van der Waals surface area contributed by atoms with Crippen molar-refractivity contribution in [3.8, 4) is 11.5 Å². The van der Waals surface area contributed by atoms with Crippen LogP contribution in [0.2, 0.25) is 0 Å². The number of methoxy groups -OCH3 is 1. The molecule has 9 heteroatoms. The van der Waals surface area contributed by atoms with Crippen molar-refractivity contribution in [2.24, 2.45) is 0 Å². The quantitative estimate of drug-likeness (QED) is 0.829. The molecule has 26 heavy (non-hydrogen) atoms. The molecule has 0 unspecified atom stereocenters. The van der Waals surface area contributed by atoms with Crippen LogP contribution in [0.1, 0.15) is 27.9 Å². The summed E-state index contributed by atoms with van der Waals surface area (Å²) in [6.45, 7) is 1.85. The van der Waals surface area contributed by atoms with E-state index < -0.39 is 12.5 Å². The Morgan fingerprint density at radius 3 is 2.92 bits per heavy atom. The van der Waals surface area contributed by atoms with E-state index in [-0.39, 0.29) is 17.1 Å². The molecule has 6 nitrogen and oxygen atoms in total. The van der Waals surface area contributed by atoms with E-state index in [2.05, 4.69) is 26.9 Å². The number of amides is 1. The van der Waals surface area contributed by atoms with Crippen LogP contribution in [0, 0.1) is 0 Å². The van der Waals surface area contributed by atoms with E-state index in [1.807, 2.05) is 0 Å². The second kappa shape index (κ2) is 7.96. The van der Waals surface area contributed by atoms with Gasteiger partial charge in [-0.15, -0.1) is 11.3 Å². The molecule has 0 atom stereocenters. The molecule has 0 radical (unpaired) electrons. The fourth-order valence-electron chi connectivity index (χ4n) is 2.75. The molecule has 3 rings (SSSR count). The van der Waals surface area contributed by atoms with Gasteiger partial charge in [-0.1, -0.05) is 6.92 Å². The van der Waals surface area contributed by atoms with E-state index in [1.54, 1.807) is 0 Å². The van der Waals surface area contributed by atoms with Crippen LogP contribution in [0.15, 0.2) is 18.2 Å². The van der Waals surface area contributed by atoms with Crippen LogP contribution in [-0.4, -0.2) is 42.6 Å². The first-order valence-electron chi connectivity index (χ1n) is 8.15. The zero-order valence-corrected chi connectivity index (χ0v) is 15.2. The van der Waals surface area contributed by atoms with E-state index in [0.29, 0.717) is 5.13 Å². The molecule has 1 amide bonds. The van der Waals surface area contributed by atoms with Gasteiger partial charge in [0.15, 0.2) is 16.6 Å². The van der Waals surface area contributed by atoms with Gasteiger partial charge in [-0.3, -0.25) is 15.0 Å². The molecular weight excluding hydrogens is 364 g/mol. The normalized spacial score (nSPS) is 14.2. The number of ether oxygens (including phenoxy) is 2. The molecule has 2 aromatic rings. The number of hydrogen-bond acceptors (Lipinski definition) is 6. The van der Waals surface area contributed by atoms with Crippen LogP contribution in [0.4, 0.5) is 13.9 Å². The monoisotopic (exact) mass is 383 g/mol. The van der Waals surface area contributed by atoms with E-state index in [9.17, 15) is 13.6 Å². The number of nitrogens with one attached hydrogen (secondary N) is 1. The summed E-state index contributed by atoms with van der Waals surface area (Å²) in [5.74, 6) is -0.497. The summed E-state index contributed by atoms with van der Waals surface area (Å²) in [5, 5.41) is 3.24. The second-order valence-electron chi connectivity index (χ2n) is 5.71. The lowest BCUT2D eigenvalue weighted by molar-refractivity contribution is -0.0512. The summed E-state index contributed by atoms with van der Waals surface area (Å²) in [6.07, 6.45) is 0.852. The summed E-state index contributed by atoms with van der Waals surface area (Å²) >= 11 is 1.44. The van der Waals surface area contributed by atoms with Gasteiger partial charge in [0.1, 0.15) is 0 Å². The highest BCUT2D eigenvalue weighted by atomic mass is 32.1. The van der Waals surface area contributed by atoms with Gasteiger partial charge in [-0.05, 0) is 24.7 Å². The number of nitrogens with zero attached hydrogens (tertiary/aromatic N) is 2. The number of halogens is 2. The van der Waals surface area contributed by atoms with Crippen molar-refractivity contribution in [1.29, 1.82) is 0 Å². The van der Waals surface area contributed by atoms with Gasteiger partial charge >= 0.3 is 6.61 Å². The summed E-state index contributed by atoms with van der Waals surface area (Å²) in [5.41, 5.74) is 1.19. The number of alkyl halides is 2. The van der Waals surface area contributed by atoms with Crippen LogP contribution >= 0.6 is 11.3 Å². The van der Waals surface area contributed by atoms with Crippen molar-refractivity contribution in [3.05, 3.63) is 34.3 Å². The molecule has 0 saturated heterocycles. The third-order valence-corrected chi connectivity index (χ3v) is 5.12. The van der Waals surface area contributed by atoms with Crippen LogP contribution in [-0.2, 0) is 13.0 Å². The number of anilines is 1. The number of fused-ring (bicyclic) bond motifs is 1. The van der Waals surface area contributed by atoms with Crippen molar-refractivity contribution in [3.63, 3.8) is 0 Å². The number of carbonyl (C=O) groups is 1. The van der Waals surface area contributed by atoms with Crippen molar-refractivity contribution >= 4 is 22.4 Å². The lowest BCUT2D eigenvalue weighted by Crippen LogP contribution is -2.29. The first kappa shape index (κ1) is 18.5. The Kier molecular flexibility index (Phi) is 5.67. The minimum Gasteiger partial charge on any atom is -0.493 e. The molecular formula is C17H19F2N3O3S. The largest absolute Gasteiger partial charge is 0.493 e. The first-order valence-corrected chi connectivity index (χ1v) is 8.97. The third-order valence-electron chi connectivity index (χ3n) is 4.12. The van der Waals surface area contributed by atoms with Gasteiger partial charge < -0.3 is 9.47 Å². The van der Waals surface area contributed by atoms with E-state index in [0.717, 1.165) is 36.6 Å². The summed E-state index contributed by atoms with van der Waals surface area (Å²) in [6, 6.07) is 4.13. The van der Waals surface area contributed by atoms with Gasteiger partial charge in [0.2, 0.25) is 0 Å². The third kappa shape index (κ3) is 4.10. The molecule has 0 fully saturated rings. The van der Waals surface area contributed by atoms with Gasteiger partial charge in [0, 0.05) is 30.0 Å². The van der Waals surface area contributed by atoms with Crippen molar-refractivity contribution in [2.45, 2.75) is 26.5 Å². The minimum absolute atomic E-state index is 0.131. The van der Waals surface area contributed by atoms with Gasteiger partial charge in [0.05, 0.1) is 12.8 Å². The average Bonchev–Trinajstić information content (AvgIpc) is 3.02. The maximum Gasteiger partial charge on any atom is 0.387 e. The highest BCUT2D eigenvalue weighted by Crippen LogP contribution is 2.31. The average molecular weight is 383 g/mol. The molecule has 1 aliphatic heterocycles. The molecule has 1 aromatic carbocycles. The standard InChI is InChI=1S/C17H19F2N3O3S/c1-3-22-7-6-11-14(9-22)26-17(20-11)21-15(23)10-4-5-12(24-2)13(8-10)25-16(18)19/h4-5,8,16H,3,6-7,9H2,1-2H3,(H,20,21,23). The summed E-state index contributed by atoms with van der Waals surface area (Å²) in [4.78, 5) is 20.4. The number of thiazole rings is 1. The van der Waals surface area contributed by atoms with Crippen molar-refractivity contribution < 1.29 is 23.0 Å². The fraction of sp³-hybridized carbons (Fsp3) is 0.412. The Labute approximate surface area is 153 Å². The van der Waals surface area contributed by atoms with Gasteiger partial charge in [-0.2, -0.15) is 8.78 Å². The Morgan fingerprint density at radius 1 is 1.42 bits per heavy atom. The maximum absolute atomic E-state index is 12.5. The van der Waals surface area contributed by atoms with Gasteiger partial charge in [-0.25, -0.2) is 4.98 Å². The van der Waals surface area contributed by atoms with Gasteiger partial charge in [0.25, 0.3) is 5.91 Å². The fourth-order valence-corrected chi connectivity index (χ4v) is 3.79. The highest BCUT2D eigenvalue weighted by Gasteiger charge is 2.21. The molecule has 0 saturated carbocycles. The molecule has 0 spiro atoms. The molecule has 0 bridgehead atoms. The Hall–Kier alpha value is -2.26. The lowest BCUT2D eigenvalue weighted by Gasteiger charge is -2.23. The predicted octanol–water partition coefficient (Wildman–Crippen LogP) is 3.38. The molecule has 1 aliphatic rings. The number of aromatic nitrogens is 1. The molecule has 140 valence electrons. The Bertz CT molecular complexity index is 798. The number of carbonyl (C=O) groups excluding carboxylic acids is 1. The second-order valence-corrected chi connectivity index (χ2v) is 6.79. The number of likely N-dealkylation sites (N-methyl/N-ethyl adjacent to an activating group) is 1. The van der Waals surface area contributed by atoms with E-state index >= 15 is 0 Å². The zero-order chi connectivity index (χ0) is 18.7. The predicted molar refractivity (Wildman–Crippen MR) is 94.3 cm³/mol. The minimum atomic E-state index is -3.01. The molecule has 1 N–H and O–H groups in total. The number of hydrogen-bond donors (Lipinski definition) is 1. The van der Waals surface area contributed by atoms with E-state index in [4.69, 9.17) is 4.74 Å². The number of benzene rings is 1. The van der Waals surface area contributed by atoms with Crippen molar-refractivity contribution in [2.75, 3.05) is 25.5 Å². The number of rotatable bonds is 6. The highest BCUT2D eigenvalue weighted by molar-refractivity contribution is 7.15. The summed E-state index contributed by atoms with van der Waals surface area (Å²) < 4.78 is 34.4. The zero-order valence-electron chi connectivity index (χ0n) is 14.4. The topological polar surface area (TPSA) is 63.7 Å². The van der Waals surface area contributed by atoms with Crippen LogP contribution in [0.5, 0.6) is 11.5 Å². The maximum atomic E-state index is 12.5. The Morgan fingerprint density at radius 2 is 2.23 bits per heavy atom. The van der Waals surface area contributed by atoms with Crippen LogP contribution in [0.3, 0.4) is 0 Å². The Balaban J connectivity index is 1.75. The van der Waals surface area contributed by atoms with Crippen LogP contribution in [0.25, 0.3) is 0 Å². The SMILES string of the molecule is CCN1CCc2nc(NC(=O)c3ccc(OC)c(OC(F)F)c3)sc2C1. The van der Waals surface area contributed by atoms with E-state index in [1.165, 1.54) is 36.6 Å². The van der Waals surface area contributed by atoms with Crippen LogP contribution < -0.4 is 14.8 Å². The lowest BCUT2D eigenvalue weighted by atomic mass is 10.2. The summed E-state index contributed by atoms with van der Waals surface area (Å²) in [7, 11) is 1.34. The molecule has 1 aromatic heterocycles. The molecule has 0 aliphatic carbocycles.